The first-order chi connectivity index (χ1) is 11.7. The second-order valence-electron chi connectivity index (χ2n) is 6.32. The smallest absolute Gasteiger partial charge is 0.274 e. The van der Waals surface area contributed by atoms with Crippen LogP contribution in [-0.4, -0.2) is 43.8 Å². The number of fused-ring (bicyclic) bond motifs is 1. The van der Waals surface area contributed by atoms with E-state index in [-0.39, 0.29) is 5.91 Å². The fraction of sp³-hybridized carbons (Fsp3) is 0.389. The van der Waals surface area contributed by atoms with Crippen LogP contribution in [-0.2, 0) is 6.54 Å². The van der Waals surface area contributed by atoms with Crippen molar-refractivity contribution in [1.29, 1.82) is 0 Å². The van der Waals surface area contributed by atoms with Crippen molar-refractivity contribution < 1.29 is 9.90 Å². The Kier molecular flexibility index (Phi) is 3.90. The fourth-order valence-corrected chi connectivity index (χ4v) is 3.41. The number of hydrogen-bond donors (Lipinski definition) is 1. The van der Waals surface area contributed by atoms with Gasteiger partial charge in [0, 0.05) is 32.0 Å². The number of pyridine rings is 1. The molecule has 2 aromatic heterocycles. The summed E-state index contributed by atoms with van der Waals surface area (Å²) < 4.78 is 1.77. The van der Waals surface area contributed by atoms with E-state index in [2.05, 4.69) is 16.2 Å². The molecule has 6 nitrogen and oxygen atoms in total. The van der Waals surface area contributed by atoms with Crippen LogP contribution in [0.25, 0.3) is 5.57 Å². The minimum absolute atomic E-state index is 0.0707. The van der Waals surface area contributed by atoms with Crippen molar-refractivity contribution in [3.8, 4) is 0 Å². The zero-order valence-corrected chi connectivity index (χ0v) is 13.4. The van der Waals surface area contributed by atoms with Crippen LogP contribution in [0, 0.1) is 0 Å². The zero-order valence-electron chi connectivity index (χ0n) is 13.4. The second-order valence-corrected chi connectivity index (χ2v) is 6.32. The van der Waals surface area contributed by atoms with Crippen molar-refractivity contribution in [3.05, 3.63) is 53.6 Å². The van der Waals surface area contributed by atoms with Crippen LogP contribution in [0.4, 0.5) is 0 Å². The predicted octanol–water partition coefficient (Wildman–Crippen LogP) is 2.03. The van der Waals surface area contributed by atoms with Crippen molar-refractivity contribution in [3.63, 3.8) is 0 Å². The summed E-state index contributed by atoms with van der Waals surface area (Å²) >= 11 is 0. The topological polar surface area (TPSA) is 71.2 Å². The SMILES string of the molecule is O=C(c1cc2n(n1)CCCC2O)N1CCC=C(c2cccnc2)C1. The van der Waals surface area contributed by atoms with Crippen LogP contribution in [0.5, 0.6) is 0 Å². The highest BCUT2D eigenvalue weighted by atomic mass is 16.3. The molecule has 1 N–H and O–H groups in total. The quantitative estimate of drug-likeness (QED) is 0.917. The lowest BCUT2D eigenvalue weighted by Gasteiger charge is -2.26. The lowest BCUT2D eigenvalue weighted by Crippen LogP contribution is -2.35. The van der Waals surface area contributed by atoms with E-state index in [0.29, 0.717) is 18.8 Å². The van der Waals surface area contributed by atoms with Crippen LogP contribution < -0.4 is 0 Å². The maximum absolute atomic E-state index is 12.8. The van der Waals surface area contributed by atoms with Gasteiger partial charge in [0.2, 0.25) is 0 Å². The first kappa shape index (κ1) is 15.1. The van der Waals surface area contributed by atoms with Gasteiger partial charge in [0.1, 0.15) is 0 Å². The van der Waals surface area contributed by atoms with E-state index in [1.54, 1.807) is 16.9 Å². The summed E-state index contributed by atoms with van der Waals surface area (Å²) in [4.78, 5) is 18.8. The van der Waals surface area contributed by atoms with Gasteiger partial charge in [-0.05, 0) is 42.5 Å². The third-order valence-corrected chi connectivity index (χ3v) is 4.69. The molecule has 6 heteroatoms. The molecule has 1 amide bonds. The normalized spacial score (nSPS) is 20.5. The monoisotopic (exact) mass is 324 g/mol. The molecule has 0 aromatic carbocycles. The Hall–Kier alpha value is -2.47. The first-order valence-corrected chi connectivity index (χ1v) is 8.37. The number of aliphatic hydroxyl groups is 1. The van der Waals surface area contributed by atoms with Gasteiger partial charge in [-0.15, -0.1) is 0 Å². The summed E-state index contributed by atoms with van der Waals surface area (Å²) in [6.45, 7) is 2.02. The van der Waals surface area contributed by atoms with Gasteiger partial charge in [0.25, 0.3) is 5.91 Å². The highest BCUT2D eigenvalue weighted by Crippen LogP contribution is 2.26. The average Bonchev–Trinajstić information content (AvgIpc) is 3.08. The Bertz CT molecular complexity index is 782. The number of nitrogens with zero attached hydrogens (tertiary/aromatic N) is 4. The molecule has 1 unspecified atom stereocenters. The second kappa shape index (κ2) is 6.20. The number of amides is 1. The molecule has 0 saturated carbocycles. The fourth-order valence-electron chi connectivity index (χ4n) is 3.41. The van der Waals surface area contributed by atoms with Gasteiger partial charge in [0.05, 0.1) is 11.8 Å². The van der Waals surface area contributed by atoms with Gasteiger partial charge in [0.15, 0.2) is 5.69 Å². The van der Waals surface area contributed by atoms with Crippen molar-refractivity contribution >= 4 is 11.5 Å². The predicted molar refractivity (Wildman–Crippen MR) is 89.2 cm³/mol. The van der Waals surface area contributed by atoms with Crippen molar-refractivity contribution in [2.75, 3.05) is 13.1 Å². The molecule has 1 atom stereocenters. The van der Waals surface area contributed by atoms with Crippen LogP contribution in [0.3, 0.4) is 0 Å². The summed E-state index contributed by atoms with van der Waals surface area (Å²) in [6, 6.07) is 5.66. The number of rotatable bonds is 2. The number of aromatic nitrogens is 3. The molecule has 2 aliphatic heterocycles. The Balaban J connectivity index is 1.54. The maximum atomic E-state index is 12.8. The maximum Gasteiger partial charge on any atom is 0.274 e. The van der Waals surface area contributed by atoms with Gasteiger partial charge >= 0.3 is 0 Å². The molecular formula is C18H20N4O2. The van der Waals surface area contributed by atoms with E-state index in [9.17, 15) is 9.90 Å². The minimum atomic E-state index is -0.514. The molecule has 124 valence electrons. The van der Waals surface area contributed by atoms with Crippen molar-refractivity contribution in [1.82, 2.24) is 19.7 Å². The van der Waals surface area contributed by atoms with E-state index < -0.39 is 6.10 Å². The molecule has 2 aliphatic rings. The van der Waals surface area contributed by atoms with Gasteiger partial charge in [-0.25, -0.2) is 0 Å². The number of carbonyl (C=O) groups excluding carboxylic acids is 1. The molecule has 0 spiro atoms. The molecule has 4 heterocycles. The number of aryl methyl sites for hydroxylation is 1. The summed E-state index contributed by atoms with van der Waals surface area (Å²) in [5, 5.41) is 14.5. The Morgan fingerprint density at radius 2 is 2.25 bits per heavy atom. The zero-order chi connectivity index (χ0) is 16.5. The third-order valence-electron chi connectivity index (χ3n) is 4.69. The van der Waals surface area contributed by atoms with Crippen LogP contribution in [0.1, 0.15) is 47.1 Å². The highest BCUT2D eigenvalue weighted by molar-refractivity contribution is 5.93. The standard InChI is InChI=1S/C18H20N4O2/c23-17-6-3-9-22-16(17)10-15(20-22)18(24)21-8-2-5-14(12-21)13-4-1-7-19-11-13/h1,4-5,7,10-11,17,23H,2-3,6,8-9,12H2. The Morgan fingerprint density at radius 1 is 1.33 bits per heavy atom. The van der Waals surface area contributed by atoms with Crippen LogP contribution >= 0.6 is 0 Å². The number of carbonyl (C=O) groups is 1. The average molecular weight is 324 g/mol. The summed E-state index contributed by atoms with van der Waals surface area (Å²) in [5.41, 5.74) is 3.35. The highest BCUT2D eigenvalue weighted by Gasteiger charge is 2.26. The molecule has 0 bridgehead atoms. The third kappa shape index (κ3) is 2.73. The van der Waals surface area contributed by atoms with E-state index in [1.165, 1.54) is 0 Å². The molecule has 0 saturated heterocycles. The molecule has 4 rings (SSSR count). The van der Waals surface area contributed by atoms with E-state index in [1.807, 2.05) is 23.2 Å². The lowest BCUT2D eigenvalue weighted by molar-refractivity contribution is 0.0767. The van der Waals surface area contributed by atoms with Crippen LogP contribution in [0.2, 0.25) is 0 Å². The summed E-state index contributed by atoms with van der Waals surface area (Å²) in [5.74, 6) is -0.0707. The summed E-state index contributed by atoms with van der Waals surface area (Å²) in [6.07, 6.45) is 7.68. The van der Waals surface area contributed by atoms with Gasteiger partial charge in [-0.2, -0.15) is 5.10 Å². The van der Waals surface area contributed by atoms with E-state index in [4.69, 9.17) is 0 Å². The Morgan fingerprint density at radius 3 is 3.04 bits per heavy atom. The van der Waals surface area contributed by atoms with Gasteiger partial charge in [-0.1, -0.05) is 12.1 Å². The molecule has 24 heavy (non-hydrogen) atoms. The largest absolute Gasteiger partial charge is 0.387 e. The Labute approximate surface area is 140 Å². The summed E-state index contributed by atoms with van der Waals surface area (Å²) in [7, 11) is 0. The molecule has 0 radical (unpaired) electrons. The molecule has 0 fully saturated rings. The van der Waals surface area contributed by atoms with E-state index >= 15 is 0 Å². The number of hydrogen-bond acceptors (Lipinski definition) is 4. The number of aliphatic hydroxyl groups excluding tert-OH is 1. The lowest BCUT2D eigenvalue weighted by atomic mass is 10.0. The molecule has 0 aliphatic carbocycles. The van der Waals surface area contributed by atoms with Crippen LogP contribution in [0.15, 0.2) is 36.7 Å². The van der Waals surface area contributed by atoms with Crippen molar-refractivity contribution in [2.24, 2.45) is 0 Å². The first-order valence-electron chi connectivity index (χ1n) is 8.37. The molecule has 2 aromatic rings. The van der Waals surface area contributed by atoms with Gasteiger partial charge in [-0.3, -0.25) is 14.5 Å². The van der Waals surface area contributed by atoms with Crippen molar-refractivity contribution in [2.45, 2.75) is 31.9 Å². The van der Waals surface area contributed by atoms with E-state index in [0.717, 1.165) is 42.6 Å². The van der Waals surface area contributed by atoms with Gasteiger partial charge < -0.3 is 10.0 Å². The minimum Gasteiger partial charge on any atom is -0.387 e. The molecular weight excluding hydrogens is 304 g/mol.